The Labute approximate surface area is 160 Å². The Morgan fingerprint density at radius 2 is 2.19 bits per heavy atom. The maximum Gasteiger partial charge on any atom is 0.430 e. The average Bonchev–Trinajstić information content (AvgIpc) is 3.19. The van der Waals surface area contributed by atoms with Gasteiger partial charge in [-0.3, -0.25) is 9.98 Å². The van der Waals surface area contributed by atoms with Crippen LogP contribution in [0.25, 0.3) is 0 Å². The number of thioether (sulfide) groups is 1. The van der Waals surface area contributed by atoms with Gasteiger partial charge in [0.2, 0.25) is 5.84 Å². The number of para-hydroxylation sites is 1. The third-order valence-corrected chi connectivity index (χ3v) is 5.51. The smallest absolute Gasteiger partial charge is 0.358 e. The molecule has 0 aromatic heterocycles. The number of nitrogens with one attached hydrogen (secondary N) is 1. The number of nitrogens with zero attached hydrogens (tertiary/aromatic N) is 5. The Bertz CT molecular complexity index is 790. The quantitative estimate of drug-likeness (QED) is 0.358. The van der Waals surface area contributed by atoms with Gasteiger partial charge in [-0.1, -0.05) is 41.6 Å². The molecule has 0 saturated heterocycles. The second-order valence-electron chi connectivity index (χ2n) is 6.06. The molecule has 3 rings (SSSR count). The van der Waals surface area contributed by atoms with E-state index in [0.29, 0.717) is 36.5 Å². The summed E-state index contributed by atoms with van der Waals surface area (Å²) in [4.78, 5) is 21.4. The third-order valence-electron chi connectivity index (χ3n) is 4.17. The Kier molecular flexibility index (Phi) is 5.77. The summed E-state index contributed by atoms with van der Waals surface area (Å²) >= 11 is 7.39. The highest BCUT2D eigenvalue weighted by Gasteiger charge is 2.33. The molecule has 1 unspecified atom stereocenters. The van der Waals surface area contributed by atoms with Gasteiger partial charge in [0.25, 0.3) is 0 Å². The van der Waals surface area contributed by atoms with E-state index in [4.69, 9.17) is 11.6 Å². The van der Waals surface area contributed by atoms with Crippen LogP contribution in [-0.2, 0) is 0 Å². The lowest BCUT2D eigenvalue weighted by Crippen LogP contribution is -2.41. The number of benzene rings is 1. The lowest BCUT2D eigenvalue weighted by Gasteiger charge is -2.21. The van der Waals surface area contributed by atoms with Crippen molar-refractivity contribution in [3.63, 3.8) is 0 Å². The largest absolute Gasteiger partial charge is 0.430 e. The molecule has 2 aliphatic heterocycles. The summed E-state index contributed by atoms with van der Waals surface area (Å²) in [6.45, 7) is 6.20. The molecule has 0 bridgehead atoms. The molecule has 0 radical (unpaired) electrons. The van der Waals surface area contributed by atoms with Gasteiger partial charge in [0, 0.05) is 18.3 Å². The van der Waals surface area contributed by atoms with Gasteiger partial charge in [0.05, 0.1) is 23.9 Å². The molecule has 1 aromatic rings. The molecule has 0 amide bonds. The zero-order valence-electron chi connectivity index (χ0n) is 14.5. The van der Waals surface area contributed by atoms with E-state index >= 15 is 0 Å². The first-order valence-corrected chi connectivity index (χ1v) is 9.42. The molecule has 1 aromatic carbocycles. The van der Waals surface area contributed by atoms with Gasteiger partial charge in [-0.15, -0.1) is 0 Å². The van der Waals surface area contributed by atoms with Crippen LogP contribution in [-0.4, -0.2) is 57.4 Å². The number of aliphatic imine (C=N–C) groups is 2. The third kappa shape index (κ3) is 4.16. The van der Waals surface area contributed by atoms with Gasteiger partial charge in [-0.25, -0.2) is 0 Å². The second kappa shape index (κ2) is 8.05. The van der Waals surface area contributed by atoms with Gasteiger partial charge in [-0.2, -0.15) is 5.43 Å². The van der Waals surface area contributed by atoms with E-state index in [-0.39, 0.29) is 11.1 Å². The van der Waals surface area contributed by atoms with Crippen LogP contribution >= 0.6 is 23.4 Å². The molecule has 0 spiro atoms. The van der Waals surface area contributed by atoms with Gasteiger partial charge in [0.15, 0.2) is 4.50 Å². The Morgan fingerprint density at radius 1 is 1.46 bits per heavy atom. The van der Waals surface area contributed by atoms with E-state index in [1.807, 2.05) is 36.9 Å². The van der Waals surface area contributed by atoms with E-state index in [1.54, 1.807) is 0 Å². The predicted molar refractivity (Wildman–Crippen MR) is 107 cm³/mol. The highest BCUT2D eigenvalue weighted by molar-refractivity contribution is 8.17. The average molecular weight is 395 g/mol. The molecule has 0 fully saturated rings. The first-order chi connectivity index (χ1) is 12.5. The van der Waals surface area contributed by atoms with Gasteiger partial charge >= 0.3 is 5.84 Å². The lowest BCUT2D eigenvalue weighted by atomic mass is 10.1. The second-order valence-corrected chi connectivity index (χ2v) is 7.93. The number of aryl methyl sites for hydroxylation is 2. The van der Waals surface area contributed by atoms with Crippen LogP contribution < -0.4 is 5.43 Å². The van der Waals surface area contributed by atoms with Gasteiger partial charge in [0.1, 0.15) is 0 Å². The molecule has 2 heterocycles. The summed E-state index contributed by atoms with van der Waals surface area (Å²) < 4.78 is 0.535. The normalized spacial score (nSPS) is 20.2. The van der Waals surface area contributed by atoms with E-state index in [1.165, 1.54) is 11.8 Å². The number of amidine groups is 2. The first kappa shape index (κ1) is 18.7. The molecule has 2 aliphatic rings. The van der Waals surface area contributed by atoms with Crippen LogP contribution in [0.1, 0.15) is 11.1 Å². The summed E-state index contributed by atoms with van der Waals surface area (Å²) in [5, 5.41) is 15.8. The molecule has 0 saturated carbocycles. The van der Waals surface area contributed by atoms with Crippen LogP contribution in [0.15, 0.2) is 33.3 Å². The van der Waals surface area contributed by atoms with Crippen LogP contribution in [0.4, 0.5) is 5.69 Å². The summed E-state index contributed by atoms with van der Waals surface area (Å²) in [5.74, 6) is 0.0255. The van der Waals surface area contributed by atoms with E-state index < -0.39 is 4.92 Å². The van der Waals surface area contributed by atoms with Crippen LogP contribution in [0.2, 0.25) is 0 Å². The van der Waals surface area contributed by atoms with Crippen molar-refractivity contribution >= 4 is 45.2 Å². The standard InChI is InChI=1S/C16H19ClN6O2S/c1-10-4-3-5-11(2)13(10)20-21-15(23(24)25)14-18-6-7-22(14)9-12-8-19-16(17)26-12/h3-5,12,20H,6-9H2,1-2H3. The number of rotatable bonds is 5. The van der Waals surface area contributed by atoms with Crippen molar-refractivity contribution in [2.75, 3.05) is 31.6 Å². The molecule has 26 heavy (non-hydrogen) atoms. The fourth-order valence-electron chi connectivity index (χ4n) is 2.87. The maximum atomic E-state index is 11.6. The minimum absolute atomic E-state index is 0.172. The zero-order chi connectivity index (χ0) is 18.7. The van der Waals surface area contributed by atoms with E-state index in [9.17, 15) is 10.1 Å². The minimum atomic E-state index is -0.497. The maximum absolute atomic E-state index is 11.6. The van der Waals surface area contributed by atoms with Gasteiger partial charge < -0.3 is 15.0 Å². The van der Waals surface area contributed by atoms with Crippen molar-refractivity contribution in [2.45, 2.75) is 19.1 Å². The number of hydrogen-bond donors (Lipinski definition) is 1. The fraction of sp³-hybridized carbons (Fsp3) is 0.438. The van der Waals surface area contributed by atoms with Crippen molar-refractivity contribution in [1.82, 2.24) is 4.90 Å². The van der Waals surface area contributed by atoms with Crippen LogP contribution in [0.3, 0.4) is 0 Å². The highest BCUT2D eigenvalue weighted by atomic mass is 35.5. The highest BCUT2D eigenvalue weighted by Crippen LogP contribution is 2.25. The number of halogens is 1. The van der Waals surface area contributed by atoms with Crippen LogP contribution in [0, 0.1) is 24.0 Å². The molecular formula is C16H19ClN6O2S. The number of nitro groups is 1. The van der Waals surface area contributed by atoms with E-state index in [0.717, 1.165) is 16.8 Å². The molecule has 1 N–H and O–H groups in total. The SMILES string of the molecule is Cc1cccc(C)c1NN=C(C1=NCCN1CC1CN=C(Cl)S1)[N+](=O)[O-]. The molecule has 138 valence electrons. The molecule has 8 nitrogen and oxygen atoms in total. The monoisotopic (exact) mass is 394 g/mol. The van der Waals surface area contributed by atoms with Crippen LogP contribution in [0.5, 0.6) is 0 Å². The Morgan fingerprint density at radius 3 is 2.81 bits per heavy atom. The lowest BCUT2D eigenvalue weighted by molar-refractivity contribution is -0.346. The summed E-state index contributed by atoms with van der Waals surface area (Å²) in [5.41, 5.74) is 5.55. The van der Waals surface area contributed by atoms with Crippen molar-refractivity contribution in [1.29, 1.82) is 0 Å². The minimum Gasteiger partial charge on any atom is -0.358 e. The number of hydrazone groups is 1. The van der Waals surface area contributed by atoms with E-state index in [2.05, 4.69) is 20.5 Å². The first-order valence-electron chi connectivity index (χ1n) is 8.16. The summed E-state index contributed by atoms with van der Waals surface area (Å²) in [6.07, 6.45) is 0. The zero-order valence-corrected chi connectivity index (χ0v) is 16.0. The number of hydrogen-bond acceptors (Lipinski definition) is 8. The van der Waals surface area contributed by atoms with Crippen molar-refractivity contribution in [3.8, 4) is 0 Å². The van der Waals surface area contributed by atoms with Gasteiger partial charge in [-0.05, 0) is 29.9 Å². The van der Waals surface area contributed by atoms with Crippen molar-refractivity contribution < 1.29 is 4.92 Å². The summed E-state index contributed by atoms with van der Waals surface area (Å²) in [6, 6.07) is 5.79. The van der Waals surface area contributed by atoms with Crippen molar-refractivity contribution in [3.05, 3.63) is 39.4 Å². The number of anilines is 1. The molecule has 10 heteroatoms. The summed E-state index contributed by atoms with van der Waals surface area (Å²) in [7, 11) is 0. The molecule has 1 atom stereocenters. The fourth-order valence-corrected chi connectivity index (χ4v) is 4.15. The Balaban J connectivity index is 1.77. The molecule has 0 aliphatic carbocycles. The predicted octanol–water partition coefficient (Wildman–Crippen LogP) is 2.73. The van der Waals surface area contributed by atoms with Crippen molar-refractivity contribution in [2.24, 2.45) is 15.1 Å². The molecular weight excluding hydrogens is 376 g/mol. The topological polar surface area (TPSA) is 95.5 Å². The Hall–Kier alpha value is -2.13.